The van der Waals surface area contributed by atoms with Crippen LogP contribution in [0.15, 0.2) is 35.6 Å². The number of carbonyl (C=O) groups excluding carboxylic acids is 2. The highest BCUT2D eigenvalue weighted by molar-refractivity contribution is 7.98. The summed E-state index contributed by atoms with van der Waals surface area (Å²) in [5.74, 6) is -0.432. The van der Waals surface area contributed by atoms with Crippen molar-refractivity contribution in [3.63, 3.8) is 0 Å². The van der Waals surface area contributed by atoms with E-state index in [2.05, 4.69) is 20.0 Å². The van der Waals surface area contributed by atoms with Crippen LogP contribution in [0.3, 0.4) is 0 Å². The van der Waals surface area contributed by atoms with E-state index in [1.54, 1.807) is 0 Å². The summed E-state index contributed by atoms with van der Waals surface area (Å²) in [6.07, 6.45) is 1.37. The van der Waals surface area contributed by atoms with E-state index in [0.717, 1.165) is 5.56 Å². The Bertz CT molecular complexity index is 738. The van der Waals surface area contributed by atoms with E-state index in [9.17, 15) is 9.59 Å². The van der Waals surface area contributed by atoms with Crippen molar-refractivity contribution in [3.8, 4) is 0 Å². The van der Waals surface area contributed by atoms with Gasteiger partial charge in [-0.1, -0.05) is 53.2 Å². The number of aromatic nitrogens is 2. The highest BCUT2D eigenvalue weighted by Gasteiger charge is 2.15. The Morgan fingerprint density at radius 3 is 2.67 bits per heavy atom. The molecular formula is C16H16ClN3O3S. The number of hydrogen-bond donors (Lipinski definition) is 1. The van der Waals surface area contributed by atoms with Crippen LogP contribution in [0.5, 0.6) is 0 Å². The molecule has 0 radical (unpaired) electrons. The molecule has 1 N–H and O–H groups in total. The maximum Gasteiger partial charge on any atom is 0.325 e. The zero-order valence-corrected chi connectivity index (χ0v) is 14.8. The molecule has 0 spiro atoms. The van der Waals surface area contributed by atoms with Gasteiger partial charge in [-0.15, -0.1) is 0 Å². The van der Waals surface area contributed by atoms with Crippen molar-refractivity contribution >= 4 is 35.2 Å². The molecule has 0 aliphatic heterocycles. The summed E-state index contributed by atoms with van der Waals surface area (Å²) in [4.78, 5) is 31.4. The van der Waals surface area contributed by atoms with Crippen molar-refractivity contribution in [2.75, 3.05) is 13.7 Å². The lowest BCUT2D eigenvalue weighted by Gasteiger charge is -2.07. The molecule has 0 saturated heterocycles. The molecule has 126 valence electrons. The Kier molecular flexibility index (Phi) is 6.57. The summed E-state index contributed by atoms with van der Waals surface area (Å²) in [7, 11) is 1.24. The van der Waals surface area contributed by atoms with Crippen LogP contribution in [0, 0.1) is 6.92 Å². The number of hydrogen-bond acceptors (Lipinski definition) is 6. The Morgan fingerprint density at radius 1 is 1.29 bits per heavy atom. The van der Waals surface area contributed by atoms with Gasteiger partial charge in [-0.2, -0.15) is 0 Å². The summed E-state index contributed by atoms with van der Waals surface area (Å²) in [5.41, 5.74) is 2.35. The lowest BCUT2D eigenvalue weighted by Crippen LogP contribution is -2.31. The normalized spacial score (nSPS) is 10.3. The molecule has 1 aromatic carbocycles. The maximum absolute atomic E-state index is 12.0. The Hall–Kier alpha value is -2.12. The molecule has 0 aliphatic rings. The van der Waals surface area contributed by atoms with Gasteiger partial charge in [-0.25, -0.2) is 9.97 Å². The molecular weight excluding hydrogens is 350 g/mol. The standard InChI is InChI=1S/C16H16ClN3O3S/c1-10-3-5-11(6-4-10)9-24-16-19-7-12(17)14(20-16)15(22)18-8-13(21)23-2/h3-7H,8-9H2,1-2H3,(H,18,22). The van der Waals surface area contributed by atoms with Gasteiger partial charge in [0.15, 0.2) is 10.9 Å². The van der Waals surface area contributed by atoms with E-state index in [0.29, 0.717) is 10.9 Å². The van der Waals surface area contributed by atoms with Crippen molar-refractivity contribution in [3.05, 3.63) is 52.3 Å². The number of benzene rings is 1. The van der Waals surface area contributed by atoms with Crippen LogP contribution in [0.1, 0.15) is 21.6 Å². The van der Waals surface area contributed by atoms with Gasteiger partial charge >= 0.3 is 5.97 Å². The second-order valence-electron chi connectivity index (χ2n) is 4.88. The molecule has 2 aromatic rings. The van der Waals surface area contributed by atoms with Gasteiger partial charge in [-0.3, -0.25) is 9.59 Å². The number of nitrogens with one attached hydrogen (secondary N) is 1. The minimum Gasteiger partial charge on any atom is -0.468 e. The van der Waals surface area contributed by atoms with E-state index in [-0.39, 0.29) is 17.3 Å². The fourth-order valence-electron chi connectivity index (χ4n) is 1.72. The van der Waals surface area contributed by atoms with Crippen molar-refractivity contribution in [2.45, 2.75) is 17.8 Å². The molecule has 6 nitrogen and oxygen atoms in total. The highest BCUT2D eigenvalue weighted by Crippen LogP contribution is 2.22. The molecule has 2 rings (SSSR count). The van der Waals surface area contributed by atoms with Gasteiger partial charge in [0, 0.05) is 5.75 Å². The van der Waals surface area contributed by atoms with Crippen molar-refractivity contribution in [1.29, 1.82) is 0 Å². The molecule has 0 atom stereocenters. The van der Waals surface area contributed by atoms with Crippen LogP contribution in [0.25, 0.3) is 0 Å². The molecule has 24 heavy (non-hydrogen) atoms. The summed E-state index contributed by atoms with van der Waals surface area (Å²) >= 11 is 7.36. The molecule has 1 aromatic heterocycles. The van der Waals surface area contributed by atoms with Gasteiger partial charge in [0.25, 0.3) is 5.91 Å². The third-order valence-corrected chi connectivity index (χ3v) is 4.26. The first-order chi connectivity index (χ1) is 11.5. The summed E-state index contributed by atoms with van der Waals surface area (Å²) < 4.78 is 4.46. The second kappa shape index (κ2) is 8.65. The Labute approximate surface area is 149 Å². The number of halogens is 1. The van der Waals surface area contributed by atoms with Crippen LogP contribution in [0.4, 0.5) is 0 Å². The van der Waals surface area contributed by atoms with E-state index >= 15 is 0 Å². The molecule has 0 saturated carbocycles. The van der Waals surface area contributed by atoms with Gasteiger partial charge in [0.1, 0.15) is 6.54 Å². The lowest BCUT2D eigenvalue weighted by molar-refractivity contribution is -0.139. The third kappa shape index (κ3) is 5.21. The number of methoxy groups -OCH3 is 1. The number of carbonyl (C=O) groups is 2. The smallest absolute Gasteiger partial charge is 0.325 e. The predicted molar refractivity (Wildman–Crippen MR) is 92.1 cm³/mol. The fraction of sp³-hybridized carbons (Fsp3) is 0.250. The second-order valence-corrected chi connectivity index (χ2v) is 6.23. The van der Waals surface area contributed by atoms with Crippen LogP contribution >= 0.6 is 23.4 Å². The zero-order valence-electron chi connectivity index (χ0n) is 13.2. The quantitative estimate of drug-likeness (QED) is 0.481. The molecule has 1 heterocycles. The molecule has 0 aliphatic carbocycles. The maximum atomic E-state index is 12.0. The molecule has 0 bridgehead atoms. The monoisotopic (exact) mass is 365 g/mol. The number of amides is 1. The number of ether oxygens (including phenoxy) is 1. The average Bonchev–Trinajstić information content (AvgIpc) is 2.60. The first-order valence-corrected chi connectivity index (χ1v) is 8.42. The zero-order chi connectivity index (χ0) is 17.5. The van der Waals surface area contributed by atoms with Crippen molar-refractivity contribution in [1.82, 2.24) is 15.3 Å². The SMILES string of the molecule is COC(=O)CNC(=O)c1nc(SCc2ccc(C)cc2)ncc1Cl. The fourth-order valence-corrected chi connectivity index (χ4v) is 2.67. The van der Waals surface area contributed by atoms with E-state index < -0.39 is 11.9 Å². The largest absolute Gasteiger partial charge is 0.468 e. The van der Waals surface area contributed by atoms with Crippen LogP contribution in [-0.4, -0.2) is 35.5 Å². The average molecular weight is 366 g/mol. The van der Waals surface area contributed by atoms with Crippen molar-refractivity contribution < 1.29 is 14.3 Å². The molecule has 8 heteroatoms. The number of aryl methyl sites for hydroxylation is 1. The Balaban J connectivity index is 2.03. The summed E-state index contributed by atoms with van der Waals surface area (Å²) in [6, 6.07) is 8.12. The van der Waals surface area contributed by atoms with E-state index in [1.165, 1.54) is 30.6 Å². The lowest BCUT2D eigenvalue weighted by atomic mass is 10.2. The minimum atomic E-state index is -0.553. The number of esters is 1. The highest BCUT2D eigenvalue weighted by atomic mass is 35.5. The topological polar surface area (TPSA) is 81.2 Å². The molecule has 0 fully saturated rings. The number of rotatable bonds is 6. The number of nitrogens with zero attached hydrogens (tertiary/aromatic N) is 2. The molecule has 0 unspecified atom stereocenters. The number of thioether (sulfide) groups is 1. The first-order valence-electron chi connectivity index (χ1n) is 7.05. The van der Waals surface area contributed by atoms with E-state index in [4.69, 9.17) is 11.6 Å². The van der Waals surface area contributed by atoms with Crippen LogP contribution in [0.2, 0.25) is 5.02 Å². The van der Waals surface area contributed by atoms with Crippen molar-refractivity contribution in [2.24, 2.45) is 0 Å². The molecule has 1 amide bonds. The summed E-state index contributed by atoms with van der Waals surface area (Å²) in [6.45, 7) is 1.78. The van der Waals surface area contributed by atoms with Gasteiger partial charge < -0.3 is 10.1 Å². The third-order valence-electron chi connectivity index (χ3n) is 3.05. The van der Waals surface area contributed by atoms with Crippen LogP contribution in [-0.2, 0) is 15.3 Å². The first kappa shape index (κ1) is 18.2. The van der Waals surface area contributed by atoms with Crippen LogP contribution < -0.4 is 5.32 Å². The van der Waals surface area contributed by atoms with Gasteiger partial charge in [0.05, 0.1) is 18.3 Å². The summed E-state index contributed by atoms with van der Waals surface area (Å²) in [5, 5.41) is 2.96. The van der Waals surface area contributed by atoms with Gasteiger partial charge in [-0.05, 0) is 12.5 Å². The Morgan fingerprint density at radius 2 is 2.00 bits per heavy atom. The van der Waals surface area contributed by atoms with E-state index in [1.807, 2.05) is 31.2 Å². The van der Waals surface area contributed by atoms with Gasteiger partial charge in [0.2, 0.25) is 0 Å². The predicted octanol–water partition coefficient (Wildman–Crippen LogP) is 2.63. The minimum absolute atomic E-state index is 0.0296.